The second-order valence-corrected chi connectivity index (χ2v) is 1.65. The average molecular weight is 132 g/mol. The first-order chi connectivity index (χ1) is 3.80. The first kappa shape index (κ1) is 5.44. The van der Waals surface area contributed by atoms with Crippen LogP contribution in [0.4, 0.5) is 0 Å². The van der Waals surface area contributed by atoms with Crippen LogP contribution in [0.1, 0.15) is 0 Å². The van der Waals surface area contributed by atoms with Crippen molar-refractivity contribution in [1.29, 1.82) is 0 Å². The summed E-state index contributed by atoms with van der Waals surface area (Å²) in [5.41, 5.74) is 0. The maximum absolute atomic E-state index is 8.66. The highest BCUT2D eigenvalue weighted by atomic mass is 35.5. The van der Waals surface area contributed by atoms with Crippen LogP contribution in [0.3, 0.4) is 0 Å². The number of halogens is 1. The summed E-state index contributed by atoms with van der Waals surface area (Å²) in [5, 5.41) is 11.5. The minimum absolute atomic E-state index is 0.148. The smallest absolute Gasteiger partial charge is 0.229 e. The van der Waals surface area contributed by atoms with Crippen LogP contribution in [0.2, 0.25) is 0 Å². The van der Waals surface area contributed by atoms with E-state index >= 15 is 0 Å². The quantitative estimate of drug-likeness (QED) is 0.510. The predicted molar refractivity (Wildman–Crippen MR) is 31.4 cm³/mol. The van der Waals surface area contributed by atoms with Gasteiger partial charge in [0.15, 0.2) is 0 Å². The minimum Gasteiger partial charge on any atom is -0.492 e. The van der Waals surface area contributed by atoms with Gasteiger partial charge in [-0.3, -0.25) is 0 Å². The zero-order valence-electron chi connectivity index (χ0n) is 3.93. The van der Waals surface area contributed by atoms with Crippen LogP contribution in [-0.2, 0) is 0 Å². The Morgan fingerprint density at radius 1 is 1.75 bits per heavy atom. The molecular formula is C4H4ClN2O. The normalized spacial score (nSPS) is 18.6. The van der Waals surface area contributed by atoms with Gasteiger partial charge in [-0.1, -0.05) is 11.6 Å². The number of rotatable bonds is 0. The Balaban J connectivity index is 2.76. The Bertz CT molecular complexity index is 152. The van der Waals surface area contributed by atoms with Crippen LogP contribution in [0.25, 0.3) is 0 Å². The number of nitrogens with one attached hydrogen (secondary N) is 1. The highest BCUT2D eigenvalue weighted by Gasteiger charge is 2.03. The maximum Gasteiger partial charge on any atom is 0.229 e. The molecule has 0 aliphatic carbocycles. The lowest BCUT2D eigenvalue weighted by Crippen LogP contribution is -2.11. The molecular weight excluding hydrogens is 128 g/mol. The zero-order chi connectivity index (χ0) is 5.98. The van der Waals surface area contributed by atoms with Crippen molar-refractivity contribution < 1.29 is 5.11 Å². The van der Waals surface area contributed by atoms with Crippen LogP contribution < -0.4 is 5.32 Å². The maximum atomic E-state index is 8.66. The number of hydrogen-bond acceptors (Lipinski definition) is 3. The van der Waals surface area contributed by atoms with Crippen LogP contribution in [0.5, 0.6) is 0 Å². The third-order valence-corrected chi connectivity index (χ3v) is 0.963. The van der Waals surface area contributed by atoms with E-state index in [-0.39, 0.29) is 10.9 Å². The van der Waals surface area contributed by atoms with Crippen molar-refractivity contribution in [3.8, 4) is 0 Å². The second kappa shape index (κ2) is 2.05. The number of hydrogen-bond donors (Lipinski definition) is 2. The highest BCUT2D eigenvalue weighted by Crippen LogP contribution is 2.11. The van der Waals surface area contributed by atoms with E-state index in [0.29, 0.717) is 0 Å². The van der Waals surface area contributed by atoms with Gasteiger partial charge in [0, 0.05) is 0 Å². The Kier molecular flexibility index (Phi) is 1.39. The molecule has 1 aliphatic rings. The molecule has 0 atom stereocenters. The fourth-order valence-electron chi connectivity index (χ4n) is 0.335. The number of nitrogens with zero attached hydrogens (tertiary/aromatic N) is 1. The third kappa shape index (κ3) is 0.924. The molecule has 43 valence electrons. The number of aliphatic hydroxyl groups excluding tert-OH is 1. The van der Waals surface area contributed by atoms with Gasteiger partial charge < -0.3 is 10.4 Å². The van der Waals surface area contributed by atoms with Crippen molar-refractivity contribution in [2.24, 2.45) is 4.99 Å². The molecule has 0 aromatic rings. The monoisotopic (exact) mass is 131 g/mol. The molecule has 0 aromatic carbocycles. The zero-order valence-corrected chi connectivity index (χ0v) is 4.68. The van der Waals surface area contributed by atoms with E-state index < -0.39 is 0 Å². The molecule has 0 fully saturated rings. The van der Waals surface area contributed by atoms with E-state index in [9.17, 15) is 0 Å². The summed E-state index contributed by atoms with van der Waals surface area (Å²) in [6.45, 7) is 1.45. The molecule has 0 saturated heterocycles. The Morgan fingerprint density at radius 2 is 2.50 bits per heavy atom. The van der Waals surface area contributed by atoms with Gasteiger partial charge in [0.2, 0.25) is 5.88 Å². The van der Waals surface area contributed by atoms with E-state index in [1.807, 2.05) is 0 Å². The van der Waals surface area contributed by atoms with Gasteiger partial charge in [0.1, 0.15) is 5.03 Å². The molecule has 8 heavy (non-hydrogen) atoms. The van der Waals surface area contributed by atoms with E-state index in [1.54, 1.807) is 0 Å². The van der Waals surface area contributed by atoms with Crippen molar-refractivity contribution in [1.82, 2.24) is 5.32 Å². The van der Waals surface area contributed by atoms with Crippen molar-refractivity contribution >= 4 is 17.9 Å². The SMILES string of the molecule is OC1=C(Cl)[CH]NC=N1. The summed E-state index contributed by atoms with van der Waals surface area (Å²) in [6, 6.07) is 0. The first-order valence-corrected chi connectivity index (χ1v) is 2.39. The molecule has 0 spiro atoms. The first-order valence-electron chi connectivity index (χ1n) is 2.01. The number of aliphatic hydroxyl groups is 1. The standard InChI is InChI=1S/C4H4ClN2O/c5-3-1-6-2-7-4(3)8/h1-2,8H,(H,6,7). The molecule has 1 aliphatic heterocycles. The second-order valence-electron chi connectivity index (χ2n) is 1.24. The summed E-state index contributed by atoms with van der Waals surface area (Å²) in [4.78, 5) is 3.45. The van der Waals surface area contributed by atoms with E-state index in [2.05, 4.69) is 10.3 Å². The lowest BCUT2D eigenvalue weighted by molar-refractivity contribution is 0.402. The molecule has 4 heteroatoms. The van der Waals surface area contributed by atoms with E-state index in [1.165, 1.54) is 12.9 Å². The largest absolute Gasteiger partial charge is 0.492 e. The van der Waals surface area contributed by atoms with Crippen LogP contribution >= 0.6 is 11.6 Å². The van der Waals surface area contributed by atoms with Crippen LogP contribution in [0.15, 0.2) is 15.9 Å². The fraction of sp³-hybridized carbons (Fsp3) is 0. The molecule has 3 nitrogen and oxygen atoms in total. The van der Waals surface area contributed by atoms with Crippen LogP contribution in [0, 0.1) is 6.54 Å². The summed E-state index contributed by atoms with van der Waals surface area (Å²) in [5.74, 6) is -0.148. The molecule has 1 radical (unpaired) electrons. The van der Waals surface area contributed by atoms with Gasteiger partial charge >= 0.3 is 0 Å². The molecule has 0 bridgehead atoms. The topological polar surface area (TPSA) is 44.6 Å². The van der Waals surface area contributed by atoms with Gasteiger partial charge in [-0.25, -0.2) is 4.99 Å². The lowest BCUT2D eigenvalue weighted by Gasteiger charge is -2.03. The summed E-state index contributed by atoms with van der Waals surface area (Å²) >= 11 is 5.36. The van der Waals surface area contributed by atoms with Crippen molar-refractivity contribution in [3.05, 3.63) is 17.5 Å². The summed E-state index contributed by atoms with van der Waals surface area (Å²) < 4.78 is 0. The van der Waals surface area contributed by atoms with Crippen molar-refractivity contribution in [3.63, 3.8) is 0 Å². The minimum atomic E-state index is -0.148. The van der Waals surface area contributed by atoms with Gasteiger partial charge in [0.05, 0.1) is 12.9 Å². The van der Waals surface area contributed by atoms with Gasteiger partial charge in [0.25, 0.3) is 0 Å². The predicted octanol–water partition coefficient (Wildman–Crippen LogP) is 0.746. The van der Waals surface area contributed by atoms with E-state index in [0.717, 1.165) is 0 Å². The Labute approximate surface area is 51.7 Å². The number of aliphatic imine (C=N–C) groups is 1. The molecule has 1 heterocycles. The summed E-state index contributed by atoms with van der Waals surface area (Å²) in [6.07, 6.45) is 1.35. The molecule has 0 amide bonds. The molecule has 2 N–H and O–H groups in total. The van der Waals surface area contributed by atoms with Crippen molar-refractivity contribution in [2.75, 3.05) is 0 Å². The molecule has 0 saturated carbocycles. The Morgan fingerprint density at radius 3 is 2.88 bits per heavy atom. The van der Waals surface area contributed by atoms with Crippen molar-refractivity contribution in [2.45, 2.75) is 0 Å². The van der Waals surface area contributed by atoms with Gasteiger partial charge in [-0.05, 0) is 0 Å². The Hall–Kier alpha value is -0.700. The summed E-state index contributed by atoms with van der Waals surface area (Å²) in [7, 11) is 0. The fourth-order valence-corrected chi connectivity index (χ4v) is 0.447. The third-order valence-electron chi connectivity index (χ3n) is 0.685. The average Bonchev–Trinajstić information content (AvgIpc) is 1.77. The van der Waals surface area contributed by atoms with Crippen LogP contribution in [-0.4, -0.2) is 11.4 Å². The molecule has 0 aromatic heterocycles. The highest BCUT2D eigenvalue weighted by molar-refractivity contribution is 6.31. The molecule has 0 unspecified atom stereocenters. The lowest BCUT2D eigenvalue weighted by atomic mass is 10.5. The van der Waals surface area contributed by atoms with Gasteiger partial charge in [-0.2, -0.15) is 0 Å². The van der Waals surface area contributed by atoms with Gasteiger partial charge in [-0.15, -0.1) is 0 Å². The van der Waals surface area contributed by atoms with E-state index in [4.69, 9.17) is 16.7 Å². The molecule has 1 rings (SSSR count).